The summed E-state index contributed by atoms with van der Waals surface area (Å²) in [5, 5.41) is 2.36. The Hall–Kier alpha value is -2.93. The Balaban J connectivity index is 1.29. The van der Waals surface area contributed by atoms with E-state index < -0.39 is 0 Å². The van der Waals surface area contributed by atoms with Crippen LogP contribution in [0.15, 0.2) is 66.7 Å². The number of ether oxygens (including phenoxy) is 4. The predicted molar refractivity (Wildman–Crippen MR) is 137 cm³/mol. The highest BCUT2D eigenvalue weighted by Crippen LogP contribution is 2.31. The molecule has 6 nitrogen and oxygen atoms in total. The molecule has 0 saturated carbocycles. The molecule has 0 unspecified atom stereocenters. The summed E-state index contributed by atoms with van der Waals surface area (Å²) in [6, 6.07) is 22.7. The molecule has 0 bridgehead atoms. The minimum atomic E-state index is -0.220. The number of hydrogen-bond acceptors (Lipinski definition) is 6. The molecule has 1 heterocycles. The molecule has 186 valence electrons. The Morgan fingerprint density at radius 1 is 1.03 bits per heavy atom. The predicted octanol–water partition coefficient (Wildman–Crippen LogP) is 5.15. The van der Waals surface area contributed by atoms with Crippen LogP contribution in [0.3, 0.4) is 0 Å². The van der Waals surface area contributed by atoms with Gasteiger partial charge in [-0.15, -0.1) is 0 Å². The van der Waals surface area contributed by atoms with Crippen molar-refractivity contribution in [3.8, 4) is 5.75 Å². The second kappa shape index (κ2) is 12.7. The molecule has 0 aliphatic carbocycles. The fourth-order valence-corrected chi connectivity index (χ4v) is 4.59. The van der Waals surface area contributed by atoms with Crippen LogP contribution >= 0.6 is 0 Å². The van der Waals surface area contributed by atoms with Crippen molar-refractivity contribution in [2.75, 3.05) is 40.0 Å². The lowest BCUT2D eigenvalue weighted by atomic mass is 9.94. The Labute approximate surface area is 207 Å². The van der Waals surface area contributed by atoms with Crippen LogP contribution in [0.5, 0.6) is 5.75 Å². The smallest absolute Gasteiger partial charge is 0.320 e. The maximum absolute atomic E-state index is 12.1. The number of esters is 1. The van der Waals surface area contributed by atoms with E-state index in [4.69, 9.17) is 18.9 Å². The van der Waals surface area contributed by atoms with E-state index in [1.807, 2.05) is 31.2 Å². The summed E-state index contributed by atoms with van der Waals surface area (Å²) in [4.78, 5) is 14.2. The highest BCUT2D eigenvalue weighted by molar-refractivity contribution is 5.87. The van der Waals surface area contributed by atoms with E-state index in [1.54, 1.807) is 7.11 Å². The summed E-state index contributed by atoms with van der Waals surface area (Å²) in [5.41, 5.74) is 2.42. The lowest BCUT2D eigenvalue weighted by Crippen LogP contribution is -2.34. The molecule has 0 amide bonds. The van der Waals surface area contributed by atoms with Crippen LogP contribution in [0.4, 0.5) is 0 Å². The van der Waals surface area contributed by atoms with E-state index in [1.165, 1.54) is 16.5 Å². The topological polar surface area (TPSA) is 57.2 Å². The molecule has 1 fully saturated rings. The number of carbonyl (C=O) groups excluding carboxylic acids is 1. The van der Waals surface area contributed by atoms with E-state index >= 15 is 0 Å². The summed E-state index contributed by atoms with van der Waals surface area (Å²) in [5.74, 6) is 0.862. The molecule has 0 N–H and O–H groups in total. The first-order valence-corrected chi connectivity index (χ1v) is 12.4. The van der Waals surface area contributed by atoms with Gasteiger partial charge < -0.3 is 18.9 Å². The van der Waals surface area contributed by atoms with E-state index in [0.29, 0.717) is 26.4 Å². The van der Waals surface area contributed by atoms with Gasteiger partial charge in [-0.25, -0.2) is 0 Å². The highest BCUT2D eigenvalue weighted by atomic mass is 16.7. The van der Waals surface area contributed by atoms with Crippen molar-refractivity contribution in [2.45, 2.75) is 38.5 Å². The van der Waals surface area contributed by atoms with Crippen molar-refractivity contribution in [3.05, 3.63) is 77.9 Å². The number of carbonyl (C=O) groups is 1. The third-order valence-electron chi connectivity index (χ3n) is 6.35. The van der Waals surface area contributed by atoms with Gasteiger partial charge in [-0.2, -0.15) is 0 Å². The van der Waals surface area contributed by atoms with Crippen molar-refractivity contribution in [1.29, 1.82) is 0 Å². The van der Waals surface area contributed by atoms with Crippen LogP contribution in [-0.4, -0.2) is 57.2 Å². The molecule has 1 aliphatic heterocycles. The normalized spacial score (nSPS) is 18.0. The Kier molecular flexibility index (Phi) is 9.12. The van der Waals surface area contributed by atoms with Crippen molar-refractivity contribution >= 4 is 16.7 Å². The second-order valence-corrected chi connectivity index (χ2v) is 8.87. The number of nitrogens with zero attached hydrogens (tertiary/aromatic N) is 1. The molecule has 3 aromatic rings. The fraction of sp³-hybridized carbons (Fsp3) is 0.414. The van der Waals surface area contributed by atoms with E-state index in [-0.39, 0.29) is 24.7 Å². The van der Waals surface area contributed by atoms with Gasteiger partial charge >= 0.3 is 5.97 Å². The Bertz CT molecular complexity index is 1080. The zero-order valence-corrected chi connectivity index (χ0v) is 20.7. The van der Waals surface area contributed by atoms with Gasteiger partial charge in [-0.05, 0) is 60.3 Å². The highest BCUT2D eigenvalue weighted by Gasteiger charge is 2.25. The second-order valence-electron chi connectivity index (χ2n) is 8.87. The van der Waals surface area contributed by atoms with Crippen LogP contribution in [0.1, 0.15) is 36.8 Å². The molecule has 1 saturated heterocycles. The van der Waals surface area contributed by atoms with Crippen LogP contribution in [-0.2, 0) is 25.5 Å². The first-order valence-electron chi connectivity index (χ1n) is 12.4. The van der Waals surface area contributed by atoms with Gasteiger partial charge in [0.1, 0.15) is 5.75 Å². The third kappa shape index (κ3) is 7.04. The molecule has 35 heavy (non-hydrogen) atoms. The van der Waals surface area contributed by atoms with Gasteiger partial charge in [-0.3, -0.25) is 9.69 Å². The number of rotatable bonds is 11. The molecule has 0 spiro atoms. The molecule has 0 radical (unpaired) electrons. The number of methoxy groups -OCH3 is 1. The summed E-state index contributed by atoms with van der Waals surface area (Å²) in [7, 11) is 1.69. The maximum Gasteiger partial charge on any atom is 0.320 e. The monoisotopic (exact) mass is 477 g/mol. The van der Waals surface area contributed by atoms with Crippen molar-refractivity contribution in [3.63, 3.8) is 0 Å². The zero-order chi connectivity index (χ0) is 24.5. The van der Waals surface area contributed by atoms with Gasteiger partial charge in [-0.1, -0.05) is 54.6 Å². The quantitative estimate of drug-likeness (QED) is 0.356. The van der Waals surface area contributed by atoms with Crippen molar-refractivity contribution in [2.24, 2.45) is 0 Å². The van der Waals surface area contributed by atoms with E-state index in [2.05, 4.69) is 47.4 Å². The van der Waals surface area contributed by atoms with Gasteiger partial charge in [0.25, 0.3) is 0 Å². The van der Waals surface area contributed by atoms with Crippen LogP contribution in [0.25, 0.3) is 10.8 Å². The van der Waals surface area contributed by atoms with Crippen molar-refractivity contribution in [1.82, 2.24) is 4.90 Å². The summed E-state index contributed by atoms with van der Waals surface area (Å²) in [6.07, 6.45) is 1.44. The molecule has 1 aliphatic rings. The van der Waals surface area contributed by atoms with E-state index in [0.717, 1.165) is 30.5 Å². The first kappa shape index (κ1) is 25.2. The third-order valence-corrected chi connectivity index (χ3v) is 6.35. The molecule has 4 rings (SSSR count). The lowest BCUT2D eigenvalue weighted by molar-refractivity contribution is -0.190. The number of benzene rings is 3. The minimum absolute atomic E-state index is 0.191. The van der Waals surface area contributed by atoms with Gasteiger partial charge in [0, 0.05) is 12.5 Å². The maximum atomic E-state index is 12.1. The molecule has 6 heteroatoms. The van der Waals surface area contributed by atoms with Crippen LogP contribution in [0.2, 0.25) is 0 Å². The number of hydrogen-bond donors (Lipinski definition) is 0. The Morgan fingerprint density at radius 2 is 1.83 bits per heavy atom. The Morgan fingerprint density at radius 3 is 2.57 bits per heavy atom. The van der Waals surface area contributed by atoms with Gasteiger partial charge in [0.2, 0.25) is 0 Å². The molecule has 3 aromatic carbocycles. The SMILES string of the molecule is CCOC(=O)CN(CCCC1OCC(c2cccc3cc(OC)ccc23)CO1)Cc1ccccc1. The molecular weight excluding hydrogens is 442 g/mol. The lowest BCUT2D eigenvalue weighted by Gasteiger charge is -2.31. The zero-order valence-electron chi connectivity index (χ0n) is 20.7. The van der Waals surface area contributed by atoms with Gasteiger partial charge in [0.05, 0.1) is 33.5 Å². The van der Waals surface area contributed by atoms with Crippen molar-refractivity contribution < 1.29 is 23.7 Å². The fourth-order valence-electron chi connectivity index (χ4n) is 4.59. The average Bonchev–Trinajstić information content (AvgIpc) is 2.89. The average molecular weight is 478 g/mol. The molecular formula is C29H35NO5. The van der Waals surface area contributed by atoms with Crippen LogP contribution in [0, 0.1) is 0 Å². The summed E-state index contributed by atoms with van der Waals surface area (Å²) >= 11 is 0. The summed E-state index contributed by atoms with van der Waals surface area (Å²) in [6.45, 7) is 5.25. The molecule has 0 aromatic heterocycles. The van der Waals surface area contributed by atoms with E-state index in [9.17, 15) is 4.79 Å². The minimum Gasteiger partial charge on any atom is -0.497 e. The largest absolute Gasteiger partial charge is 0.497 e. The van der Waals surface area contributed by atoms with Gasteiger partial charge in [0.15, 0.2) is 6.29 Å². The number of fused-ring (bicyclic) bond motifs is 1. The van der Waals surface area contributed by atoms with Crippen LogP contribution < -0.4 is 4.74 Å². The summed E-state index contributed by atoms with van der Waals surface area (Å²) < 4.78 is 22.7. The first-order chi connectivity index (χ1) is 17.2. The standard InChI is InChI=1S/C29H35NO5/c1-3-33-28(31)19-30(18-22-9-5-4-6-10-22)16-8-13-29-34-20-24(21-35-29)26-12-7-11-23-17-25(32-2)14-15-27(23)26/h4-7,9-12,14-15,17,24,29H,3,8,13,16,18-21H2,1-2H3. The molecule has 0 atom stereocenters.